The van der Waals surface area contributed by atoms with E-state index in [0.717, 1.165) is 34.1 Å². The molecule has 0 bridgehead atoms. The Morgan fingerprint density at radius 3 is 0.906 bits per heavy atom. The third-order valence-electron chi connectivity index (χ3n) is 12.1. The van der Waals surface area contributed by atoms with Crippen molar-refractivity contribution in [2.24, 2.45) is 0 Å². The Labute approximate surface area is 377 Å². The molecule has 0 unspecified atom stereocenters. The highest BCUT2D eigenvalue weighted by Crippen LogP contribution is 2.45. The quantitative estimate of drug-likeness (QED) is 0.128. The summed E-state index contributed by atoms with van der Waals surface area (Å²) in [5, 5.41) is 0. The second kappa shape index (κ2) is 18.0. The average Bonchev–Trinajstić information content (AvgIpc) is 3.36. The van der Waals surface area contributed by atoms with Crippen LogP contribution in [0.25, 0.3) is 55.6 Å². The summed E-state index contributed by atoms with van der Waals surface area (Å²) in [7, 11) is 0. The van der Waals surface area contributed by atoms with Crippen LogP contribution >= 0.6 is 0 Å². The van der Waals surface area contributed by atoms with Crippen molar-refractivity contribution in [3.8, 4) is 55.6 Å². The lowest BCUT2D eigenvalue weighted by atomic mass is 9.94. The second-order valence-corrected chi connectivity index (χ2v) is 16.3. The minimum Gasteiger partial charge on any atom is -0.310 e. The first kappa shape index (κ1) is 39.9. The Hall–Kier alpha value is -8.20. The van der Waals surface area contributed by atoms with Gasteiger partial charge in [-0.3, -0.25) is 0 Å². The van der Waals surface area contributed by atoms with Gasteiger partial charge in [0.1, 0.15) is 0 Å². The predicted octanol–water partition coefficient (Wildman–Crippen LogP) is 17.6. The Bertz CT molecular complexity index is 2960. The summed E-state index contributed by atoms with van der Waals surface area (Å²) in [6, 6.07) is 91.8. The summed E-state index contributed by atoms with van der Waals surface area (Å²) in [5.41, 5.74) is 20.9. The molecule has 0 aliphatic carbocycles. The first-order valence-electron chi connectivity index (χ1n) is 22.0. The van der Waals surface area contributed by atoms with Crippen LogP contribution < -0.4 is 9.80 Å². The fraction of sp³-hybridized carbons (Fsp3) is 0.0323. The van der Waals surface area contributed by atoms with Gasteiger partial charge < -0.3 is 9.80 Å². The summed E-state index contributed by atoms with van der Waals surface area (Å²) in [6.45, 7) is 4.48. The topological polar surface area (TPSA) is 6.48 Å². The van der Waals surface area contributed by atoms with Gasteiger partial charge in [-0.05, 0) is 130 Å². The molecule has 0 aliphatic heterocycles. The maximum absolute atomic E-state index is 2.41. The van der Waals surface area contributed by atoms with Gasteiger partial charge in [-0.15, -0.1) is 0 Å². The van der Waals surface area contributed by atoms with Crippen molar-refractivity contribution in [1.29, 1.82) is 0 Å². The van der Waals surface area contributed by atoms with E-state index in [1.807, 2.05) is 0 Å². The largest absolute Gasteiger partial charge is 0.310 e. The van der Waals surface area contributed by atoms with Gasteiger partial charge >= 0.3 is 0 Å². The number of para-hydroxylation sites is 2. The molecule has 0 aliphatic rings. The van der Waals surface area contributed by atoms with Gasteiger partial charge in [0.25, 0.3) is 0 Å². The molecule has 10 aromatic carbocycles. The van der Waals surface area contributed by atoms with Gasteiger partial charge in [0.05, 0.1) is 11.4 Å². The molecule has 0 radical (unpaired) electrons. The zero-order valence-electron chi connectivity index (χ0n) is 36.1. The summed E-state index contributed by atoms with van der Waals surface area (Å²) < 4.78 is 0. The number of nitrogens with zero attached hydrogens (tertiary/aromatic N) is 2. The number of hydrogen-bond donors (Lipinski definition) is 0. The maximum Gasteiger partial charge on any atom is 0.0540 e. The monoisotopic (exact) mass is 820 g/mol. The van der Waals surface area contributed by atoms with Gasteiger partial charge in [0.2, 0.25) is 0 Å². The molecule has 0 spiro atoms. The zero-order chi connectivity index (χ0) is 43.2. The summed E-state index contributed by atoms with van der Waals surface area (Å²) in [4.78, 5) is 4.82. The van der Waals surface area contributed by atoms with E-state index in [4.69, 9.17) is 0 Å². The minimum atomic E-state index is 1.10. The van der Waals surface area contributed by atoms with Crippen LogP contribution in [0.3, 0.4) is 0 Å². The molecule has 0 atom stereocenters. The van der Waals surface area contributed by atoms with E-state index < -0.39 is 0 Å². The maximum atomic E-state index is 2.41. The molecule has 10 aromatic rings. The SMILES string of the molecule is Cc1cc(N(c2cccc(-c3ccccc3)c2)c2ccccc2-c2ccccc2)ccc1-c1ccc(N(c2cccc(-c3ccccc3)c2)c2ccccc2-c2ccccc2)cc1C. The van der Waals surface area contributed by atoms with E-state index in [2.05, 4.69) is 278 Å². The van der Waals surface area contributed by atoms with E-state index in [9.17, 15) is 0 Å². The van der Waals surface area contributed by atoms with Crippen molar-refractivity contribution in [2.75, 3.05) is 9.80 Å². The molecule has 0 N–H and O–H groups in total. The van der Waals surface area contributed by atoms with Gasteiger partial charge in [0.15, 0.2) is 0 Å². The Kier molecular flexibility index (Phi) is 11.2. The van der Waals surface area contributed by atoms with Crippen LogP contribution in [-0.4, -0.2) is 0 Å². The standard InChI is InChI=1S/C62H48N2/c1-45-41-55(63(53-31-19-29-51(43-53)47-21-7-3-8-22-47)61-35-17-15-33-59(61)49-25-11-5-12-26-49)37-39-57(45)58-40-38-56(42-46(58)2)64(54-32-20-30-52(44-54)48-23-9-4-10-24-48)62-36-18-16-34-60(62)50-27-13-6-14-28-50/h3-44H,1-2H3. The molecule has 0 aromatic heterocycles. The molecule has 0 heterocycles. The highest BCUT2D eigenvalue weighted by Gasteiger charge is 2.21. The lowest BCUT2D eigenvalue weighted by Crippen LogP contribution is -2.12. The zero-order valence-corrected chi connectivity index (χ0v) is 36.1. The van der Waals surface area contributed by atoms with Gasteiger partial charge in [-0.25, -0.2) is 0 Å². The summed E-state index contributed by atoms with van der Waals surface area (Å²) >= 11 is 0. The third kappa shape index (κ3) is 8.13. The molecule has 10 rings (SSSR count). The number of aryl methyl sites for hydroxylation is 2. The van der Waals surface area contributed by atoms with E-state index in [0.29, 0.717) is 0 Å². The molecule has 0 saturated heterocycles. The van der Waals surface area contributed by atoms with Gasteiger partial charge in [-0.1, -0.05) is 194 Å². The van der Waals surface area contributed by atoms with Crippen molar-refractivity contribution < 1.29 is 0 Å². The molecule has 2 nitrogen and oxygen atoms in total. The molecule has 0 saturated carbocycles. The normalized spacial score (nSPS) is 11.0. The first-order chi connectivity index (χ1) is 31.6. The Morgan fingerprint density at radius 1 is 0.219 bits per heavy atom. The summed E-state index contributed by atoms with van der Waals surface area (Å²) in [5.74, 6) is 0. The van der Waals surface area contributed by atoms with Crippen molar-refractivity contribution in [1.82, 2.24) is 0 Å². The van der Waals surface area contributed by atoms with Crippen LogP contribution in [0.2, 0.25) is 0 Å². The fourth-order valence-corrected chi connectivity index (χ4v) is 9.00. The molecule has 306 valence electrons. The lowest BCUT2D eigenvalue weighted by molar-refractivity contribution is 1.26. The van der Waals surface area contributed by atoms with E-state index in [-0.39, 0.29) is 0 Å². The van der Waals surface area contributed by atoms with Crippen molar-refractivity contribution in [2.45, 2.75) is 13.8 Å². The third-order valence-corrected chi connectivity index (χ3v) is 12.1. The molecule has 2 heteroatoms. The van der Waals surface area contributed by atoms with E-state index in [1.165, 1.54) is 66.8 Å². The number of hydrogen-bond acceptors (Lipinski definition) is 2. The fourth-order valence-electron chi connectivity index (χ4n) is 9.00. The van der Waals surface area contributed by atoms with Crippen molar-refractivity contribution in [3.05, 3.63) is 266 Å². The highest BCUT2D eigenvalue weighted by molar-refractivity contribution is 5.92. The van der Waals surface area contributed by atoms with Crippen LogP contribution in [0.1, 0.15) is 11.1 Å². The minimum absolute atomic E-state index is 1.10. The van der Waals surface area contributed by atoms with Crippen LogP contribution in [0.5, 0.6) is 0 Å². The Balaban J connectivity index is 1.07. The highest BCUT2D eigenvalue weighted by atomic mass is 15.2. The Morgan fingerprint density at radius 2 is 0.531 bits per heavy atom. The summed E-state index contributed by atoms with van der Waals surface area (Å²) in [6.07, 6.45) is 0. The second-order valence-electron chi connectivity index (χ2n) is 16.3. The van der Waals surface area contributed by atoms with Crippen molar-refractivity contribution in [3.63, 3.8) is 0 Å². The van der Waals surface area contributed by atoms with Crippen LogP contribution in [0.15, 0.2) is 255 Å². The molecule has 0 amide bonds. The molecule has 0 fully saturated rings. The van der Waals surface area contributed by atoms with E-state index >= 15 is 0 Å². The number of anilines is 6. The van der Waals surface area contributed by atoms with Gasteiger partial charge in [-0.2, -0.15) is 0 Å². The number of rotatable bonds is 11. The predicted molar refractivity (Wildman–Crippen MR) is 272 cm³/mol. The lowest BCUT2D eigenvalue weighted by Gasteiger charge is -2.30. The van der Waals surface area contributed by atoms with Gasteiger partial charge in [0, 0.05) is 33.9 Å². The molecule has 64 heavy (non-hydrogen) atoms. The van der Waals surface area contributed by atoms with Crippen LogP contribution in [-0.2, 0) is 0 Å². The van der Waals surface area contributed by atoms with Crippen LogP contribution in [0, 0.1) is 13.8 Å². The number of benzene rings is 10. The molecular formula is C62H48N2. The van der Waals surface area contributed by atoms with Crippen LogP contribution in [0.4, 0.5) is 34.1 Å². The van der Waals surface area contributed by atoms with E-state index in [1.54, 1.807) is 0 Å². The smallest absolute Gasteiger partial charge is 0.0540 e. The van der Waals surface area contributed by atoms with Crippen molar-refractivity contribution >= 4 is 34.1 Å². The molecular weight excluding hydrogens is 773 g/mol. The first-order valence-corrected chi connectivity index (χ1v) is 22.0. The average molecular weight is 821 g/mol.